The summed E-state index contributed by atoms with van der Waals surface area (Å²) in [7, 11) is -1.61. The molecule has 8 aromatic carbocycles. The van der Waals surface area contributed by atoms with Gasteiger partial charge in [0, 0.05) is 16.7 Å². The molecule has 1 aromatic heterocycles. The van der Waals surface area contributed by atoms with Gasteiger partial charge in [0.1, 0.15) is 0 Å². The Balaban J connectivity index is 1.10. The minimum absolute atomic E-state index is 0.409. The largest absolute Gasteiger partial charge is 0.208 e. The molecule has 0 unspecified atom stereocenters. The third-order valence-corrected chi connectivity index (χ3v) is 14.2. The van der Waals surface area contributed by atoms with Crippen LogP contribution in [0.25, 0.3) is 78.3 Å². The summed E-state index contributed by atoms with van der Waals surface area (Å²) in [5.74, 6) is 1.97. The molecule has 0 N–H and O–H groups in total. The van der Waals surface area contributed by atoms with Crippen LogP contribution in [-0.4, -0.2) is 23.0 Å². The van der Waals surface area contributed by atoms with E-state index in [9.17, 15) is 0 Å². The first-order chi connectivity index (χ1) is 27.9. The van der Waals surface area contributed by atoms with E-state index in [0.717, 1.165) is 33.0 Å². The second kappa shape index (κ2) is 12.6. The average molecular weight is 746 g/mol. The van der Waals surface area contributed by atoms with Crippen LogP contribution in [0, 0.1) is 0 Å². The third kappa shape index (κ3) is 5.14. The fourth-order valence-corrected chi connectivity index (χ4v) is 10.5. The molecule has 1 spiro atoms. The third-order valence-electron chi connectivity index (χ3n) is 12.1. The zero-order chi connectivity index (χ0) is 38.3. The van der Waals surface area contributed by atoms with Gasteiger partial charge in [0.15, 0.2) is 17.5 Å². The fourth-order valence-electron chi connectivity index (χ4n) is 9.39. The van der Waals surface area contributed by atoms with Crippen molar-refractivity contribution < 1.29 is 0 Å². The second-order valence-corrected chi connectivity index (χ2v) is 21.5. The van der Waals surface area contributed by atoms with Gasteiger partial charge in [-0.2, -0.15) is 0 Å². The van der Waals surface area contributed by atoms with Crippen LogP contribution >= 0.6 is 0 Å². The summed E-state index contributed by atoms with van der Waals surface area (Å²) < 4.78 is 0. The predicted octanol–water partition coefficient (Wildman–Crippen LogP) is 12.6. The van der Waals surface area contributed by atoms with Crippen LogP contribution in [0.3, 0.4) is 0 Å². The maximum atomic E-state index is 5.19. The summed E-state index contributed by atoms with van der Waals surface area (Å²) in [4.78, 5) is 15.4. The van der Waals surface area contributed by atoms with Gasteiger partial charge in [-0.1, -0.05) is 195 Å². The summed E-state index contributed by atoms with van der Waals surface area (Å²) in [6, 6.07) is 66.2. The van der Waals surface area contributed by atoms with E-state index in [0.29, 0.717) is 17.5 Å². The minimum Gasteiger partial charge on any atom is -0.208 e. The van der Waals surface area contributed by atoms with Crippen LogP contribution in [0.5, 0.6) is 0 Å². The van der Waals surface area contributed by atoms with Crippen molar-refractivity contribution in [3.63, 3.8) is 0 Å². The van der Waals surface area contributed by atoms with Crippen LogP contribution < -0.4 is 5.19 Å². The van der Waals surface area contributed by atoms with Crippen molar-refractivity contribution in [1.29, 1.82) is 0 Å². The van der Waals surface area contributed by atoms with Gasteiger partial charge >= 0.3 is 0 Å². The van der Waals surface area contributed by atoms with Crippen molar-refractivity contribution in [1.82, 2.24) is 15.0 Å². The molecule has 2 aliphatic rings. The molecule has 11 rings (SSSR count). The Morgan fingerprint density at radius 2 is 0.860 bits per heavy atom. The Labute approximate surface area is 334 Å². The second-order valence-electron chi connectivity index (χ2n) is 16.4. The van der Waals surface area contributed by atoms with Gasteiger partial charge in [-0.3, -0.25) is 0 Å². The lowest BCUT2D eigenvalue weighted by Crippen LogP contribution is -2.38. The molecule has 0 amide bonds. The Kier molecular flexibility index (Phi) is 7.44. The van der Waals surface area contributed by atoms with E-state index in [1.54, 1.807) is 0 Å². The van der Waals surface area contributed by atoms with Crippen LogP contribution in [0.15, 0.2) is 182 Å². The summed E-state index contributed by atoms with van der Waals surface area (Å²) in [5, 5.41) is 3.75. The van der Waals surface area contributed by atoms with E-state index in [4.69, 9.17) is 15.0 Å². The van der Waals surface area contributed by atoms with Crippen LogP contribution in [0.2, 0.25) is 19.6 Å². The molecule has 0 saturated carbocycles. The number of hydrogen-bond acceptors (Lipinski definition) is 3. The van der Waals surface area contributed by atoms with Gasteiger partial charge < -0.3 is 0 Å². The quantitative estimate of drug-likeness (QED) is 0.165. The minimum atomic E-state index is -1.61. The molecule has 0 radical (unpaired) electrons. The molecule has 3 nitrogen and oxygen atoms in total. The smallest absolute Gasteiger partial charge is 0.164 e. The molecule has 0 fully saturated rings. The zero-order valence-corrected chi connectivity index (χ0v) is 33.2. The summed E-state index contributed by atoms with van der Waals surface area (Å²) in [6.45, 7) is 7.35. The number of benzene rings is 8. The summed E-state index contributed by atoms with van der Waals surface area (Å²) >= 11 is 0. The van der Waals surface area contributed by atoms with Gasteiger partial charge in [-0.15, -0.1) is 0 Å². The molecule has 270 valence electrons. The molecular weight excluding hydrogens is 707 g/mol. The number of aromatic nitrogens is 3. The Morgan fingerprint density at radius 1 is 0.351 bits per heavy atom. The standard InChI is InChI=1S/C53H39N3Si/c1-57(2,3)39-28-30-44-43-29-27-37(32-48(43)53(49(44)33-39)46-25-11-9-22-41(46)42-23-10-12-26-47(42)53)36-19-13-20-38(31-36)51-54-50(35-16-5-4-6-17-35)55-52(56-51)45-24-14-18-34-15-7-8-21-40(34)45/h4-33H,1-3H3. The van der Waals surface area contributed by atoms with E-state index in [-0.39, 0.29) is 0 Å². The Morgan fingerprint density at radius 3 is 1.61 bits per heavy atom. The normalized spacial score (nSPS) is 13.3. The summed E-state index contributed by atoms with van der Waals surface area (Å²) in [6.07, 6.45) is 0. The van der Waals surface area contributed by atoms with Gasteiger partial charge in [0.05, 0.1) is 13.5 Å². The van der Waals surface area contributed by atoms with Gasteiger partial charge in [0.2, 0.25) is 0 Å². The number of nitrogens with zero attached hydrogens (tertiary/aromatic N) is 3. The van der Waals surface area contributed by atoms with E-state index < -0.39 is 13.5 Å². The number of hydrogen-bond donors (Lipinski definition) is 0. The van der Waals surface area contributed by atoms with E-state index in [2.05, 4.69) is 183 Å². The average Bonchev–Trinajstić information content (AvgIpc) is 3.73. The molecule has 57 heavy (non-hydrogen) atoms. The first-order valence-corrected chi connectivity index (χ1v) is 23.3. The van der Waals surface area contributed by atoms with Crippen LogP contribution in [0.4, 0.5) is 0 Å². The summed E-state index contributed by atoms with van der Waals surface area (Å²) in [5.41, 5.74) is 15.5. The van der Waals surface area contributed by atoms with Gasteiger partial charge in [-0.25, -0.2) is 15.0 Å². The van der Waals surface area contributed by atoms with Crippen molar-refractivity contribution in [2.75, 3.05) is 0 Å². The topological polar surface area (TPSA) is 38.7 Å². The lowest BCUT2D eigenvalue weighted by atomic mass is 9.70. The number of fused-ring (bicyclic) bond motifs is 11. The SMILES string of the molecule is C[Si](C)(C)c1ccc2c(c1)C1(c3ccccc3-c3ccccc31)c1cc(-c3cccc(-c4nc(-c5ccccc5)nc(-c5cccc6ccccc56)n4)c3)ccc1-2. The van der Waals surface area contributed by atoms with E-state index in [1.165, 1.54) is 55.3 Å². The number of rotatable bonds is 5. The highest BCUT2D eigenvalue weighted by Gasteiger charge is 2.52. The molecule has 0 aliphatic heterocycles. The monoisotopic (exact) mass is 745 g/mol. The predicted molar refractivity (Wildman–Crippen MR) is 238 cm³/mol. The first kappa shape index (κ1) is 33.6. The highest BCUT2D eigenvalue weighted by molar-refractivity contribution is 6.88. The molecule has 1 heterocycles. The van der Waals surface area contributed by atoms with Crippen molar-refractivity contribution in [3.8, 4) is 67.5 Å². The maximum absolute atomic E-state index is 5.19. The van der Waals surface area contributed by atoms with Crippen LogP contribution in [0.1, 0.15) is 22.3 Å². The molecule has 0 atom stereocenters. The van der Waals surface area contributed by atoms with E-state index in [1.807, 2.05) is 18.2 Å². The van der Waals surface area contributed by atoms with Crippen molar-refractivity contribution in [2.45, 2.75) is 25.1 Å². The molecule has 0 bridgehead atoms. The highest BCUT2D eigenvalue weighted by atomic mass is 28.3. The van der Waals surface area contributed by atoms with Gasteiger partial charge in [0.25, 0.3) is 0 Å². The fraction of sp³-hybridized carbons (Fsp3) is 0.0755. The lowest BCUT2D eigenvalue weighted by molar-refractivity contribution is 0.795. The zero-order valence-electron chi connectivity index (χ0n) is 32.2. The van der Waals surface area contributed by atoms with Crippen molar-refractivity contribution >= 4 is 24.0 Å². The van der Waals surface area contributed by atoms with Crippen molar-refractivity contribution in [3.05, 3.63) is 204 Å². The Hall–Kier alpha value is -6.75. The van der Waals surface area contributed by atoms with Crippen molar-refractivity contribution in [2.24, 2.45) is 0 Å². The molecule has 0 saturated heterocycles. The van der Waals surface area contributed by atoms with Crippen LogP contribution in [-0.2, 0) is 5.41 Å². The highest BCUT2D eigenvalue weighted by Crippen LogP contribution is 2.63. The first-order valence-electron chi connectivity index (χ1n) is 19.8. The molecular formula is C53H39N3Si. The maximum Gasteiger partial charge on any atom is 0.164 e. The Bertz CT molecular complexity index is 3020. The molecule has 4 heteroatoms. The van der Waals surface area contributed by atoms with Gasteiger partial charge in [-0.05, 0) is 78.5 Å². The molecule has 2 aliphatic carbocycles. The van der Waals surface area contributed by atoms with E-state index >= 15 is 0 Å². The molecule has 9 aromatic rings. The lowest BCUT2D eigenvalue weighted by Gasteiger charge is -2.31.